The number of hydrogen-bond acceptors (Lipinski definition) is 10. The van der Waals surface area contributed by atoms with Crippen LogP contribution < -0.4 is 9.47 Å². The van der Waals surface area contributed by atoms with Crippen LogP contribution in [0.3, 0.4) is 0 Å². The SMILES string of the molecule is C=CCOC12Oc3ccc(Oc4cccc(C=O)c4)cc3C3C(CCCCO)C(CCCCO)C=C(C(=NOCC)CC1SCCc1ccncc1)C32. The van der Waals surface area contributed by atoms with Crippen molar-refractivity contribution in [3.63, 3.8) is 0 Å². The highest BCUT2D eigenvalue weighted by molar-refractivity contribution is 8.00. The summed E-state index contributed by atoms with van der Waals surface area (Å²) in [5.41, 5.74) is 4.83. The van der Waals surface area contributed by atoms with Crippen LogP contribution in [-0.2, 0) is 16.0 Å². The molecular formula is C43H52N2O7S. The van der Waals surface area contributed by atoms with Gasteiger partial charge >= 0.3 is 0 Å². The monoisotopic (exact) mass is 740 g/mol. The summed E-state index contributed by atoms with van der Waals surface area (Å²) in [6, 6.07) is 17.3. The fourth-order valence-electron chi connectivity index (χ4n) is 8.34. The fraction of sp³-hybridized carbons (Fsp3) is 0.465. The van der Waals surface area contributed by atoms with Crippen molar-refractivity contribution < 1.29 is 34.1 Å². The molecule has 1 saturated carbocycles. The van der Waals surface area contributed by atoms with Gasteiger partial charge in [-0.2, -0.15) is 11.8 Å². The van der Waals surface area contributed by atoms with Crippen LogP contribution in [0.1, 0.15) is 79.3 Å². The minimum Gasteiger partial charge on any atom is -0.460 e. The minimum absolute atomic E-state index is 0.0401. The normalized spacial score (nSPS) is 25.1. The summed E-state index contributed by atoms with van der Waals surface area (Å²) in [6.45, 7) is 7.04. The van der Waals surface area contributed by atoms with Gasteiger partial charge < -0.3 is 29.3 Å². The van der Waals surface area contributed by atoms with E-state index in [2.05, 4.69) is 35.8 Å². The van der Waals surface area contributed by atoms with Crippen molar-refractivity contribution in [2.75, 3.05) is 32.2 Å². The number of aliphatic hydroxyl groups excluding tert-OH is 2. The molecule has 2 aliphatic carbocycles. The molecule has 282 valence electrons. The van der Waals surface area contributed by atoms with Gasteiger partial charge in [0.25, 0.3) is 0 Å². The second-order valence-corrected chi connectivity index (χ2v) is 15.2. The zero-order chi connectivity index (χ0) is 37.0. The summed E-state index contributed by atoms with van der Waals surface area (Å²) in [5, 5.41) is 24.3. The number of aryl methyl sites for hydroxylation is 1. The lowest BCUT2D eigenvalue weighted by Gasteiger charge is -2.58. The fourth-order valence-corrected chi connectivity index (χ4v) is 9.75. The number of fused-ring (bicyclic) bond motifs is 2. The number of aromatic nitrogens is 1. The summed E-state index contributed by atoms with van der Waals surface area (Å²) in [7, 11) is 0. The largest absolute Gasteiger partial charge is 0.460 e. The number of nitrogens with zero attached hydrogens (tertiary/aromatic N) is 2. The van der Waals surface area contributed by atoms with Gasteiger partial charge in [-0.3, -0.25) is 9.78 Å². The molecule has 10 heteroatoms. The number of ether oxygens (including phenoxy) is 3. The Kier molecular flexibility index (Phi) is 13.8. The van der Waals surface area contributed by atoms with E-state index in [0.717, 1.165) is 79.6 Å². The lowest BCUT2D eigenvalue weighted by Crippen LogP contribution is -2.64. The molecule has 1 aromatic heterocycles. The zero-order valence-corrected chi connectivity index (χ0v) is 31.4. The number of thioether (sulfide) groups is 1. The van der Waals surface area contributed by atoms with E-state index in [4.69, 9.17) is 24.2 Å². The first-order valence-electron chi connectivity index (χ1n) is 19.0. The zero-order valence-electron chi connectivity index (χ0n) is 30.6. The van der Waals surface area contributed by atoms with Crippen molar-refractivity contribution in [2.45, 2.75) is 75.2 Å². The van der Waals surface area contributed by atoms with E-state index in [1.165, 1.54) is 5.56 Å². The van der Waals surface area contributed by atoms with Gasteiger partial charge in [0.1, 0.15) is 30.1 Å². The van der Waals surface area contributed by atoms with E-state index in [0.29, 0.717) is 36.7 Å². The summed E-state index contributed by atoms with van der Waals surface area (Å²) in [5.74, 6) is 1.93. The van der Waals surface area contributed by atoms with Crippen molar-refractivity contribution >= 4 is 23.8 Å². The van der Waals surface area contributed by atoms with Crippen LogP contribution >= 0.6 is 11.8 Å². The van der Waals surface area contributed by atoms with Crippen molar-refractivity contribution in [3.8, 4) is 17.2 Å². The number of carbonyl (C=O) groups is 1. The third-order valence-electron chi connectivity index (χ3n) is 10.6. The molecule has 6 atom stereocenters. The highest BCUT2D eigenvalue weighted by atomic mass is 32.2. The Labute approximate surface area is 317 Å². The molecule has 0 amide bonds. The molecule has 2 aromatic carbocycles. The number of oxime groups is 1. The second-order valence-electron chi connectivity index (χ2n) is 13.9. The number of allylic oxidation sites excluding steroid dienone is 1. The molecular weight excluding hydrogens is 689 g/mol. The van der Waals surface area contributed by atoms with Crippen molar-refractivity contribution in [1.29, 1.82) is 0 Å². The lowest BCUT2D eigenvalue weighted by atomic mass is 9.56. The van der Waals surface area contributed by atoms with E-state index < -0.39 is 5.79 Å². The Hall–Kier alpha value is -3.96. The van der Waals surface area contributed by atoms with Crippen LogP contribution in [0.4, 0.5) is 0 Å². The van der Waals surface area contributed by atoms with Crippen LogP contribution in [0, 0.1) is 17.8 Å². The van der Waals surface area contributed by atoms with Gasteiger partial charge in [-0.15, -0.1) is 6.58 Å². The summed E-state index contributed by atoms with van der Waals surface area (Å²) < 4.78 is 20.7. The maximum Gasteiger partial charge on any atom is 0.230 e. The smallest absolute Gasteiger partial charge is 0.230 e. The quantitative estimate of drug-likeness (QED) is 0.0510. The Morgan fingerprint density at radius 1 is 1.04 bits per heavy atom. The molecule has 0 bridgehead atoms. The van der Waals surface area contributed by atoms with E-state index >= 15 is 0 Å². The number of rotatable bonds is 20. The molecule has 0 spiro atoms. The van der Waals surface area contributed by atoms with E-state index in [1.54, 1.807) is 18.2 Å². The van der Waals surface area contributed by atoms with E-state index in [9.17, 15) is 15.0 Å². The average molecular weight is 741 g/mol. The maximum absolute atomic E-state index is 11.5. The van der Waals surface area contributed by atoms with Crippen molar-refractivity contribution in [1.82, 2.24) is 4.98 Å². The Bertz CT molecular complexity index is 1730. The molecule has 2 heterocycles. The number of benzene rings is 2. The topological polar surface area (TPSA) is 120 Å². The van der Waals surface area contributed by atoms with Gasteiger partial charge in [0.05, 0.1) is 23.5 Å². The van der Waals surface area contributed by atoms with Gasteiger partial charge in [0, 0.05) is 49.1 Å². The molecule has 3 aliphatic rings. The molecule has 53 heavy (non-hydrogen) atoms. The van der Waals surface area contributed by atoms with Gasteiger partial charge in [0.2, 0.25) is 5.79 Å². The summed E-state index contributed by atoms with van der Waals surface area (Å²) in [4.78, 5) is 21.6. The van der Waals surface area contributed by atoms with Gasteiger partial charge in [-0.25, -0.2) is 0 Å². The van der Waals surface area contributed by atoms with Crippen LogP contribution in [0.25, 0.3) is 0 Å². The van der Waals surface area contributed by atoms with Crippen LogP contribution in [0.2, 0.25) is 0 Å². The first-order chi connectivity index (χ1) is 26.0. The standard InChI is InChI=1S/C43H52N2O7S/c1-3-23-49-43-40(53-24-18-30-16-19-44-20-17-30)28-38(45-50-4-2)36-26-32(11-5-7-21-46)35(13-6-8-22-47)41(42(36)43)37-27-34(14-15-39(37)52-43)51-33-12-9-10-31(25-33)29-48/h3,9-10,12,14-17,19-20,25-27,29,32,35,40-42,46-47H,1,4-8,11,13,18,21-24,28H2,2H3. The second kappa shape index (κ2) is 18.9. The molecule has 1 aliphatic heterocycles. The number of aliphatic hydroxyl groups is 2. The third-order valence-corrected chi connectivity index (χ3v) is 12.0. The third kappa shape index (κ3) is 8.89. The number of unbranched alkanes of at least 4 members (excludes halogenated alkanes) is 2. The van der Waals surface area contributed by atoms with Gasteiger partial charge in [0.15, 0.2) is 0 Å². The first kappa shape index (κ1) is 38.8. The average Bonchev–Trinajstić information content (AvgIpc) is 3.18. The molecule has 9 nitrogen and oxygen atoms in total. The Morgan fingerprint density at radius 3 is 2.58 bits per heavy atom. The highest BCUT2D eigenvalue weighted by Gasteiger charge is 2.63. The Balaban J connectivity index is 1.50. The first-order valence-corrected chi connectivity index (χ1v) is 20.0. The predicted octanol–water partition coefficient (Wildman–Crippen LogP) is 8.32. The molecule has 6 unspecified atom stereocenters. The van der Waals surface area contributed by atoms with E-state index in [1.807, 2.05) is 55.3 Å². The molecule has 0 saturated heterocycles. The molecule has 2 N–H and O–H groups in total. The number of pyridine rings is 1. The van der Waals surface area contributed by atoms with Crippen molar-refractivity contribution in [2.24, 2.45) is 22.9 Å². The van der Waals surface area contributed by atoms with Crippen LogP contribution in [0.15, 0.2) is 96.5 Å². The predicted molar refractivity (Wildman–Crippen MR) is 209 cm³/mol. The minimum atomic E-state index is -1.03. The van der Waals surface area contributed by atoms with E-state index in [-0.39, 0.29) is 42.1 Å². The highest BCUT2D eigenvalue weighted by Crippen LogP contribution is 2.62. The van der Waals surface area contributed by atoms with Crippen molar-refractivity contribution in [3.05, 3.63) is 108 Å². The summed E-state index contributed by atoms with van der Waals surface area (Å²) in [6.07, 6.45) is 15.2. The summed E-state index contributed by atoms with van der Waals surface area (Å²) >= 11 is 1.84. The number of aldehydes is 1. The number of hydrogen-bond donors (Lipinski definition) is 2. The van der Waals surface area contributed by atoms with Crippen LogP contribution in [0.5, 0.6) is 17.2 Å². The maximum atomic E-state index is 11.5. The number of carbonyl (C=O) groups excluding carboxylic acids is 1. The molecule has 1 fully saturated rings. The van der Waals surface area contributed by atoms with Gasteiger partial charge in [-0.1, -0.05) is 42.3 Å². The van der Waals surface area contributed by atoms with Crippen LogP contribution in [-0.4, -0.2) is 70.4 Å². The molecule has 3 aromatic rings. The lowest BCUT2D eigenvalue weighted by molar-refractivity contribution is -0.223. The molecule has 6 rings (SSSR count). The Morgan fingerprint density at radius 2 is 1.83 bits per heavy atom. The van der Waals surface area contributed by atoms with Gasteiger partial charge in [-0.05, 0) is 110 Å². The molecule has 0 radical (unpaired) electrons.